The van der Waals surface area contributed by atoms with Gasteiger partial charge in [0.1, 0.15) is 0 Å². The molecular formula is C17H15BrN6S. The number of halogens is 1. The maximum atomic E-state index is 4.61. The molecule has 0 amide bonds. The first-order valence-corrected chi connectivity index (χ1v) is 9.39. The molecule has 0 saturated heterocycles. The fourth-order valence-electron chi connectivity index (χ4n) is 2.40. The zero-order chi connectivity index (χ0) is 17.1. The molecule has 0 spiro atoms. The molecule has 0 saturated carbocycles. The minimum absolute atomic E-state index is 0.776. The zero-order valence-electron chi connectivity index (χ0n) is 13.2. The molecule has 0 bridgehead atoms. The number of nitrogens with zero attached hydrogens (tertiary/aromatic N) is 4. The van der Waals surface area contributed by atoms with Crippen LogP contribution in [0.25, 0.3) is 16.2 Å². The van der Waals surface area contributed by atoms with Crippen LogP contribution in [0.2, 0.25) is 0 Å². The molecule has 1 aromatic carbocycles. The normalized spacial score (nSPS) is 10.9. The Bertz CT molecular complexity index is 950. The van der Waals surface area contributed by atoms with E-state index in [4.69, 9.17) is 0 Å². The van der Waals surface area contributed by atoms with Crippen molar-refractivity contribution in [2.75, 3.05) is 23.7 Å². The molecule has 8 heteroatoms. The summed E-state index contributed by atoms with van der Waals surface area (Å²) in [4.78, 5) is 9.59. The highest BCUT2D eigenvalue weighted by molar-refractivity contribution is 9.10. The molecule has 4 rings (SSSR count). The van der Waals surface area contributed by atoms with E-state index < -0.39 is 0 Å². The van der Waals surface area contributed by atoms with Crippen LogP contribution in [0.3, 0.4) is 0 Å². The Hall–Kier alpha value is -2.45. The third kappa shape index (κ3) is 3.80. The van der Waals surface area contributed by atoms with Gasteiger partial charge in [-0.2, -0.15) is 0 Å². The number of hydrogen-bond donors (Lipinski definition) is 2. The van der Waals surface area contributed by atoms with Crippen LogP contribution in [-0.4, -0.2) is 32.7 Å². The van der Waals surface area contributed by atoms with Crippen molar-refractivity contribution in [1.82, 2.24) is 19.6 Å². The number of fused-ring (bicyclic) bond motifs is 1. The van der Waals surface area contributed by atoms with Gasteiger partial charge in [0.2, 0.25) is 10.1 Å². The van der Waals surface area contributed by atoms with Gasteiger partial charge in [-0.3, -0.25) is 4.98 Å². The second-order valence-electron chi connectivity index (χ2n) is 5.37. The summed E-state index contributed by atoms with van der Waals surface area (Å²) in [6, 6.07) is 12.0. The quantitative estimate of drug-likeness (QED) is 0.464. The topological polar surface area (TPSA) is 67.1 Å². The molecule has 126 valence electrons. The molecular weight excluding hydrogens is 400 g/mol. The number of aromatic nitrogens is 4. The monoisotopic (exact) mass is 414 g/mol. The molecule has 4 aromatic rings. The zero-order valence-corrected chi connectivity index (χ0v) is 15.6. The Morgan fingerprint density at radius 1 is 1.12 bits per heavy atom. The van der Waals surface area contributed by atoms with E-state index in [-0.39, 0.29) is 0 Å². The van der Waals surface area contributed by atoms with E-state index >= 15 is 0 Å². The lowest BCUT2D eigenvalue weighted by atomic mass is 10.2. The third-order valence-corrected chi connectivity index (χ3v) is 4.93. The molecule has 0 aliphatic carbocycles. The van der Waals surface area contributed by atoms with Crippen molar-refractivity contribution in [2.24, 2.45) is 0 Å². The molecule has 0 aliphatic rings. The van der Waals surface area contributed by atoms with Gasteiger partial charge >= 0.3 is 0 Å². The number of anilines is 2. The van der Waals surface area contributed by atoms with Crippen LogP contribution in [-0.2, 0) is 0 Å². The molecule has 0 atom stereocenters. The lowest BCUT2D eigenvalue weighted by Gasteiger charge is -2.06. The Morgan fingerprint density at radius 2 is 2.04 bits per heavy atom. The molecule has 0 fully saturated rings. The highest BCUT2D eigenvalue weighted by Gasteiger charge is 2.09. The lowest BCUT2D eigenvalue weighted by molar-refractivity contribution is 0.959. The van der Waals surface area contributed by atoms with Gasteiger partial charge in [-0.25, -0.2) is 9.50 Å². The smallest absolute Gasteiger partial charge is 0.214 e. The number of benzene rings is 1. The maximum absolute atomic E-state index is 4.61. The first kappa shape index (κ1) is 16.0. The van der Waals surface area contributed by atoms with Crippen molar-refractivity contribution in [3.05, 3.63) is 59.5 Å². The van der Waals surface area contributed by atoms with Gasteiger partial charge in [0.05, 0.1) is 11.9 Å². The predicted molar refractivity (Wildman–Crippen MR) is 105 cm³/mol. The van der Waals surface area contributed by atoms with Crippen molar-refractivity contribution < 1.29 is 0 Å². The van der Waals surface area contributed by atoms with Crippen LogP contribution >= 0.6 is 27.3 Å². The van der Waals surface area contributed by atoms with Crippen molar-refractivity contribution in [3.63, 3.8) is 0 Å². The second-order valence-corrected chi connectivity index (χ2v) is 7.24. The van der Waals surface area contributed by atoms with Gasteiger partial charge in [-0.05, 0) is 30.3 Å². The van der Waals surface area contributed by atoms with Crippen molar-refractivity contribution in [1.29, 1.82) is 0 Å². The Morgan fingerprint density at radius 3 is 2.84 bits per heavy atom. The van der Waals surface area contributed by atoms with Gasteiger partial charge in [-0.15, -0.1) is 5.10 Å². The molecule has 3 aromatic heterocycles. The van der Waals surface area contributed by atoms with Crippen LogP contribution in [0.5, 0.6) is 0 Å². The molecule has 2 N–H and O–H groups in total. The number of imidazole rings is 1. The number of pyridine rings is 1. The van der Waals surface area contributed by atoms with E-state index in [1.54, 1.807) is 16.9 Å². The summed E-state index contributed by atoms with van der Waals surface area (Å²) < 4.78 is 2.87. The number of hydrogen-bond acceptors (Lipinski definition) is 6. The summed E-state index contributed by atoms with van der Waals surface area (Å²) in [5.41, 5.74) is 2.97. The molecule has 0 radical (unpaired) electrons. The lowest BCUT2D eigenvalue weighted by Crippen LogP contribution is -2.13. The van der Waals surface area contributed by atoms with E-state index in [1.807, 2.05) is 36.5 Å². The Kier molecular flexibility index (Phi) is 4.62. The van der Waals surface area contributed by atoms with Gasteiger partial charge in [0, 0.05) is 41.2 Å². The summed E-state index contributed by atoms with van der Waals surface area (Å²) in [5.74, 6) is 0. The van der Waals surface area contributed by atoms with Crippen molar-refractivity contribution >= 4 is 43.0 Å². The van der Waals surface area contributed by atoms with Gasteiger partial charge in [0.25, 0.3) is 0 Å². The highest BCUT2D eigenvalue weighted by atomic mass is 79.9. The van der Waals surface area contributed by atoms with Crippen molar-refractivity contribution in [2.45, 2.75) is 0 Å². The number of rotatable bonds is 6. The van der Waals surface area contributed by atoms with E-state index in [2.05, 4.69) is 47.7 Å². The SMILES string of the molecule is Brc1cccc(NCCNc2nn3cc(-c4cccnc4)nc3s2)c1. The molecule has 0 aliphatic heterocycles. The largest absolute Gasteiger partial charge is 0.383 e. The first-order valence-electron chi connectivity index (χ1n) is 7.78. The average Bonchev–Trinajstić information content (AvgIpc) is 3.18. The van der Waals surface area contributed by atoms with Gasteiger partial charge < -0.3 is 10.6 Å². The summed E-state index contributed by atoms with van der Waals surface area (Å²) in [5, 5.41) is 12.1. The minimum atomic E-state index is 0.776. The highest BCUT2D eigenvalue weighted by Crippen LogP contribution is 2.23. The standard InChI is InChI=1S/C17H15BrN6S/c18-13-4-1-5-14(9-13)20-7-8-21-16-23-24-11-15(22-17(24)25-16)12-3-2-6-19-10-12/h1-6,9-11,20H,7-8H2,(H,21,23). The number of nitrogens with one attached hydrogen (secondary N) is 2. The van der Waals surface area contributed by atoms with Crippen LogP contribution in [0.1, 0.15) is 0 Å². The molecule has 25 heavy (non-hydrogen) atoms. The predicted octanol–water partition coefficient (Wildman–Crippen LogP) is 4.14. The van der Waals surface area contributed by atoms with Gasteiger partial charge in [0.15, 0.2) is 0 Å². The van der Waals surface area contributed by atoms with E-state index in [0.717, 1.165) is 44.6 Å². The van der Waals surface area contributed by atoms with Crippen LogP contribution in [0.4, 0.5) is 10.8 Å². The average molecular weight is 415 g/mol. The molecule has 3 heterocycles. The summed E-state index contributed by atoms with van der Waals surface area (Å²) >= 11 is 5.00. The fraction of sp³-hybridized carbons (Fsp3) is 0.118. The summed E-state index contributed by atoms with van der Waals surface area (Å²) in [7, 11) is 0. The summed E-state index contributed by atoms with van der Waals surface area (Å²) in [6.07, 6.45) is 5.48. The third-order valence-electron chi connectivity index (χ3n) is 3.56. The van der Waals surface area contributed by atoms with E-state index in [1.165, 1.54) is 11.3 Å². The maximum Gasteiger partial charge on any atom is 0.214 e. The first-order chi connectivity index (χ1) is 12.3. The Balaban J connectivity index is 1.35. The van der Waals surface area contributed by atoms with E-state index in [9.17, 15) is 0 Å². The van der Waals surface area contributed by atoms with Crippen LogP contribution in [0, 0.1) is 0 Å². The molecule has 0 unspecified atom stereocenters. The second kappa shape index (κ2) is 7.20. The molecule has 6 nitrogen and oxygen atoms in total. The van der Waals surface area contributed by atoms with Gasteiger partial charge in [-0.1, -0.05) is 33.3 Å². The van der Waals surface area contributed by atoms with E-state index in [0.29, 0.717) is 0 Å². The van der Waals surface area contributed by atoms with Crippen LogP contribution < -0.4 is 10.6 Å². The fourth-order valence-corrected chi connectivity index (χ4v) is 3.61. The van der Waals surface area contributed by atoms with Crippen molar-refractivity contribution in [3.8, 4) is 11.3 Å². The minimum Gasteiger partial charge on any atom is -0.383 e. The Labute approximate surface area is 157 Å². The summed E-state index contributed by atoms with van der Waals surface area (Å²) in [6.45, 7) is 1.58. The van der Waals surface area contributed by atoms with Crippen LogP contribution in [0.15, 0.2) is 59.5 Å².